The maximum Gasteiger partial charge on any atom is 0.178 e. The molecule has 1 rings (SSSR count). The zero-order valence-corrected chi connectivity index (χ0v) is 7.79. The monoisotopic (exact) mass is 162 g/mol. The SMILES string of the molecule is Cc1ccc(=O)ccc1C(C)C. The predicted octanol–water partition coefficient (Wildman–Crippen LogP) is 2.48. The number of hydrogen-bond donors (Lipinski definition) is 0. The van der Waals surface area contributed by atoms with Gasteiger partial charge in [-0.3, -0.25) is 4.79 Å². The fourth-order valence-corrected chi connectivity index (χ4v) is 1.31. The summed E-state index contributed by atoms with van der Waals surface area (Å²) in [6.07, 6.45) is 0. The molecule has 0 saturated heterocycles. The summed E-state index contributed by atoms with van der Waals surface area (Å²) in [5.74, 6) is 0.483. The molecule has 1 nitrogen and oxygen atoms in total. The van der Waals surface area contributed by atoms with Crippen LogP contribution in [0.15, 0.2) is 29.1 Å². The van der Waals surface area contributed by atoms with Gasteiger partial charge in [0.15, 0.2) is 5.43 Å². The van der Waals surface area contributed by atoms with Crippen molar-refractivity contribution in [3.8, 4) is 0 Å². The van der Waals surface area contributed by atoms with Crippen LogP contribution in [0.5, 0.6) is 0 Å². The minimum Gasteiger partial charge on any atom is -0.290 e. The lowest BCUT2D eigenvalue weighted by atomic mass is 10.0. The molecule has 0 aromatic heterocycles. The summed E-state index contributed by atoms with van der Waals surface area (Å²) in [4.78, 5) is 11.0. The molecule has 1 aromatic rings. The van der Waals surface area contributed by atoms with E-state index in [-0.39, 0.29) is 5.43 Å². The molecule has 0 aliphatic heterocycles. The van der Waals surface area contributed by atoms with Crippen LogP contribution < -0.4 is 5.43 Å². The van der Waals surface area contributed by atoms with Gasteiger partial charge in [0.25, 0.3) is 0 Å². The van der Waals surface area contributed by atoms with Crippen LogP contribution in [0.2, 0.25) is 0 Å². The molecular formula is C11H14O. The van der Waals surface area contributed by atoms with Gasteiger partial charge in [0.2, 0.25) is 0 Å². The third-order valence-corrected chi connectivity index (χ3v) is 2.00. The Labute approximate surface area is 73.1 Å². The smallest absolute Gasteiger partial charge is 0.178 e. The van der Waals surface area contributed by atoms with E-state index in [1.54, 1.807) is 12.1 Å². The summed E-state index contributed by atoms with van der Waals surface area (Å²) in [5, 5.41) is 0. The van der Waals surface area contributed by atoms with Crippen molar-refractivity contribution >= 4 is 0 Å². The highest BCUT2D eigenvalue weighted by Gasteiger charge is 1.99. The molecule has 1 aromatic carbocycles. The summed E-state index contributed by atoms with van der Waals surface area (Å²) in [5.41, 5.74) is 2.51. The van der Waals surface area contributed by atoms with E-state index in [9.17, 15) is 4.79 Å². The summed E-state index contributed by atoms with van der Waals surface area (Å²) in [6, 6.07) is 7.05. The van der Waals surface area contributed by atoms with Crippen LogP contribution in [0.1, 0.15) is 30.9 Å². The van der Waals surface area contributed by atoms with Crippen molar-refractivity contribution in [2.24, 2.45) is 0 Å². The minimum atomic E-state index is 0.0741. The average Bonchev–Trinajstić information content (AvgIpc) is 2.14. The standard InChI is InChI=1S/C11H14O/c1-8(2)11-7-6-10(12)5-4-9(11)3/h4-8H,1-3H3. The molecule has 0 N–H and O–H groups in total. The topological polar surface area (TPSA) is 17.1 Å². The molecule has 0 amide bonds. The van der Waals surface area contributed by atoms with Crippen LogP contribution >= 0.6 is 0 Å². The second kappa shape index (κ2) is 3.53. The second-order valence-corrected chi connectivity index (χ2v) is 3.36. The van der Waals surface area contributed by atoms with Crippen LogP contribution in [-0.2, 0) is 0 Å². The highest BCUT2D eigenvalue weighted by atomic mass is 16.1. The highest BCUT2D eigenvalue weighted by Crippen LogP contribution is 2.15. The first kappa shape index (κ1) is 8.98. The maximum atomic E-state index is 11.0. The van der Waals surface area contributed by atoms with Crippen LogP contribution in [-0.4, -0.2) is 0 Å². The Bertz CT molecular complexity index is 326. The van der Waals surface area contributed by atoms with Crippen LogP contribution in [0.25, 0.3) is 0 Å². The molecule has 0 radical (unpaired) electrons. The third kappa shape index (κ3) is 1.94. The lowest BCUT2D eigenvalue weighted by molar-refractivity contribution is 0.859. The fraction of sp³-hybridized carbons (Fsp3) is 0.364. The molecule has 0 aliphatic carbocycles. The van der Waals surface area contributed by atoms with E-state index in [1.807, 2.05) is 19.1 Å². The first-order chi connectivity index (χ1) is 5.61. The van der Waals surface area contributed by atoms with Crippen LogP contribution in [0.3, 0.4) is 0 Å². The van der Waals surface area contributed by atoms with Crippen LogP contribution in [0.4, 0.5) is 0 Å². The minimum absolute atomic E-state index is 0.0741. The second-order valence-electron chi connectivity index (χ2n) is 3.36. The van der Waals surface area contributed by atoms with Gasteiger partial charge in [0.1, 0.15) is 0 Å². The van der Waals surface area contributed by atoms with Crippen molar-refractivity contribution in [2.45, 2.75) is 26.7 Å². The van der Waals surface area contributed by atoms with Gasteiger partial charge in [-0.2, -0.15) is 0 Å². The molecule has 0 aliphatic rings. The molecule has 0 fully saturated rings. The summed E-state index contributed by atoms with van der Waals surface area (Å²) in [6.45, 7) is 6.30. The van der Waals surface area contributed by atoms with Crippen molar-refractivity contribution in [2.75, 3.05) is 0 Å². The molecule has 1 heteroatoms. The predicted molar refractivity (Wildman–Crippen MR) is 51.5 cm³/mol. The molecule has 12 heavy (non-hydrogen) atoms. The maximum absolute atomic E-state index is 11.0. The first-order valence-electron chi connectivity index (χ1n) is 4.22. The lowest BCUT2D eigenvalue weighted by Crippen LogP contribution is -1.89. The number of rotatable bonds is 1. The van der Waals surface area contributed by atoms with E-state index in [0.29, 0.717) is 5.92 Å². The molecule has 0 spiro atoms. The van der Waals surface area contributed by atoms with Gasteiger partial charge in [-0.05, 0) is 36.1 Å². The zero-order valence-electron chi connectivity index (χ0n) is 7.79. The van der Waals surface area contributed by atoms with E-state index < -0.39 is 0 Å². The Morgan fingerprint density at radius 1 is 1.08 bits per heavy atom. The molecule has 0 atom stereocenters. The van der Waals surface area contributed by atoms with E-state index in [0.717, 1.165) is 0 Å². The third-order valence-electron chi connectivity index (χ3n) is 2.00. The van der Waals surface area contributed by atoms with Crippen molar-refractivity contribution in [3.63, 3.8) is 0 Å². The van der Waals surface area contributed by atoms with Crippen molar-refractivity contribution in [1.29, 1.82) is 0 Å². The van der Waals surface area contributed by atoms with Gasteiger partial charge < -0.3 is 0 Å². The Kier molecular flexibility index (Phi) is 2.64. The molecule has 64 valence electrons. The summed E-state index contributed by atoms with van der Waals surface area (Å²) >= 11 is 0. The molecule has 0 bridgehead atoms. The Morgan fingerprint density at radius 2 is 1.67 bits per heavy atom. The molecule has 0 unspecified atom stereocenters. The first-order valence-corrected chi connectivity index (χ1v) is 4.22. The summed E-state index contributed by atoms with van der Waals surface area (Å²) < 4.78 is 0. The van der Waals surface area contributed by atoms with Gasteiger partial charge in [0, 0.05) is 0 Å². The Morgan fingerprint density at radius 3 is 2.25 bits per heavy atom. The Hall–Kier alpha value is -1.11. The van der Waals surface area contributed by atoms with Gasteiger partial charge in [0.05, 0.1) is 0 Å². The average molecular weight is 162 g/mol. The van der Waals surface area contributed by atoms with E-state index in [4.69, 9.17) is 0 Å². The normalized spacial score (nSPS) is 10.3. The van der Waals surface area contributed by atoms with Crippen molar-refractivity contribution < 1.29 is 0 Å². The lowest BCUT2D eigenvalue weighted by Gasteiger charge is -2.04. The van der Waals surface area contributed by atoms with Gasteiger partial charge in [-0.25, -0.2) is 0 Å². The molecule has 0 saturated carbocycles. The van der Waals surface area contributed by atoms with Gasteiger partial charge in [-0.1, -0.05) is 26.0 Å². The van der Waals surface area contributed by atoms with E-state index in [1.165, 1.54) is 11.1 Å². The summed E-state index contributed by atoms with van der Waals surface area (Å²) in [7, 11) is 0. The fourth-order valence-electron chi connectivity index (χ4n) is 1.31. The van der Waals surface area contributed by atoms with E-state index >= 15 is 0 Å². The highest BCUT2D eigenvalue weighted by molar-refractivity contribution is 5.26. The van der Waals surface area contributed by atoms with Crippen molar-refractivity contribution in [1.82, 2.24) is 0 Å². The van der Waals surface area contributed by atoms with E-state index in [2.05, 4.69) is 13.8 Å². The number of aryl methyl sites for hydroxylation is 1. The zero-order chi connectivity index (χ0) is 9.14. The largest absolute Gasteiger partial charge is 0.290 e. The van der Waals surface area contributed by atoms with Crippen molar-refractivity contribution in [3.05, 3.63) is 45.6 Å². The van der Waals surface area contributed by atoms with Crippen LogP contribution in [0, 0.1) is 6.92 Å². The number of hydrogen-bond acceptors (Lipinski definition) is 1. The van der Waals surface area contributed by atoms with Gasteiger partial charge >= 0.3 is 0 Å². The van der Waals surface area contributed by atoms with Gasteiger partial charge in [-0.15, -0.1) is 0 Å². The molecule has 0 heterocycles. The quantitative estimate of drug-likeness (QED) is 0.620. The molecular weight excluding hydrogens is 148 g/mol. The Balaban J connectivity index is 3.33.